The molecule has 0 aliphatic carbocycles. The lowest BCUT2D eigenvalue weighted by molar-refractivity contribution is 0.0564. The van der Waals surface area contributed by atoms with Gasteiger partial charge in [0.25, 0.3) is 0 Å². The van der Waals surface area contributed by atoms with Gasteiger partial charge in [0, 0.05) is 32.5 Å². The van der Waals surface area contributed by atoms with Crippen LogP contribution in [0.15, 0.2) is 54.7 Å². The van der Waals surface area contributed by atoms with Crippen molar-refractivity contribution >= 4 is 11.8 Å². The molecule has 1 aliphatic heterocycles. The van der Waals surface area contributed by atoms with Gasteiger partial charge in [-0.1, -0.05) is 36.4 Å². The smallest absolute Gasteiger partial charge is 0.323 e. The maximum atomic E-state index is 12.7. The van der Waals surface area contributed by atoms with Crippen molar-refractivity contribution in [1.82, 2.24) is 9.88 Å². The predicted octanol–water partition coefficient (Wildman–Crippen LogP) is 3.54. The Morgan fingerprint density at radius 2 is 1.88 bits per heavy atom. The summed E-state index contributed by atoms with van der Waals surface area (Å²) >= 11 is 0. The Bertz CT molecular complexity index is 628. The third kappa shape index (κ3) is 4.80. The predicted molar refractivity (Wildman–Crippen MR) is 93.7 cm³/mol. The Kier molecular flexibility index (Phi) is 5.80. The molecule has 1 aromatic heterocycles. The first kappa shape index (κ1) is 16.5. The minimum Gasteiger partial charge on any atom is -0.381 e. The molecule has 126 valence electrons. The monoisotopic (exact) mass is 325 g/mol. The Balaban J connectivity index is 1.69. The number of ether oxygens (including phenoxy) is 1. The third-order valence-corrected chi connectivity index (χ3v) is 4.22. The number of nitrogens with one attached hydrogen (secondary N) is 1. The number of carbonyl (C=O) groups excluding carboxylic acids is 1. The highest BCUT2D eigenvalue weighted by Crippen LogP contribution is 2.18. The minimum absolute atomic E-state index is 0.107. The fourth-order valence-corrected chi connectivity index (χ4v) is 2.89. The fourth-order valence-electron chi connectivity index (χ4n) is 2.89. The van der Waals surface area contributed by atoms with Crippen LogP contribution in [0.25, 0.3) is 0 Å². The van der Waals surface area contributed by atoms with Crippen LogP contribution in [0.4, 0.5) is 10.6 Å². The summed E-state index contributed by atoms with van der Waals surface area (Å²) in [5.41, 5.74) is 1.13. The Hall–Kier alpha value is -2.40. The molecule has 1 fully saturated rings. The summed E-state index contributed by atoms with van der Waals surface area (Å²) in [6.07, 6.45) is 3.68. The molecule has 2 aromatic rings. The number of amides is 2. The van der Waals surface area contributed by atoms with Gasteiger partial charge in [-0.15, -0.1) is 0 Å². The zero-order valence-electron chi connectivity index (χ0n) is 13.7. The molecule has 1 saturated heterocycles. The number of benzene rings is 1. The maximum Gasteiger partial charge on any atom is 0.323 e. The number of urea groups is 1. The number of aromatic nitrogens is 1. The van der Waals surface area contributed by atoms with Crippen LogP contribution in [0.5, 0.6) is 0 Å². The van der Waals surface area contributed by atoms with Crippen LogP contribution in [0.2, 0.25) is 0 Å². The van der Waals surface area contributed by atoms with Gasteiger partial charge in [-0.05, 0) is 36.5 Å². The molecule has 0 radical (unpaired) electrons. The first-order chi connectivity index (χ1) is 11.8. The quantitative estimate of drug-likeness (QED) is 0.915. The van der Waals surface area contributed by atoms with Gasteiger partial charge >= 0.3 is 6.03 Å². The highest BCUT2D eigenvalue weighted by molar-refractivity contribution is 5.88. The molecule has 24 heavy (non-hydrogen) atoms. The molecule has 2 heterocycles. The highest BCUT2D eigenvalue weighted by Gasteiger charge is 2.21. The summed E-state index contributed by atoms with van der Waals surface area (Å²) in [7, 11) is 0. The van der Waals surface area contributed by atoms with E-state index in [9.17, 15) is 4.79 Å². The lowest BCUT2D eigenvalue weighted by Crippen LogP contribution is -2.39. The molecule has 0 spiro atoms. The number of anilines is 1. The zero-order chi connectivity index (χ0) is 16.6. The Morgan fingerprint density at radius 3 is 2.58 bits per heavy atom. The van der Waals surface area contributed by atoms with Crippen molar-refractivity contribution in [3.8, 4) is 0 Å². The van der Waals surface area contributed by atoms with Crippen molar-refractivity contribution in [3.05, 3.63) is 60.3 Å². The summed E-state index contributed by atoms with van der Waals surface area (Å²) in [6, 6.07) is 15.5. The number of pyridine rings is 1. The lowest BCUT2D eigenvalue weighted by Gasteiger charge is -2.30. The number of rotatable bonds is 5. The van der Waals surface area contributed by atoms with Crippen LogP contribution < -0.4 is 5.32 Å². The van der Waals surface area contributed by atoms with Gasteiger partial charge in [0.15, 0.2) is 0 Å². The molecule has 1 aromatic carbocycles. The first-order valence-corrected chi connectivity index (χ1v) is 8.40. The van der Waals surface area contributed by atoms with E-state index in [-0.39, 0.29) is 6.03 Å². The fraction of sp³-hybridized carbons (Fsp3) is 0.368. The van der Waals surface area contributed by atoms with Gasteiger partial charge in [-0.2, -0.15) is 0 Å². The van der Waals surface area contributed by atoms with E-state index in [0.29, 0.717) is 18.3 Å². The molecule has 0 unspecified atom stereocenters. The van der Waals surface area contributed by atoms with Crippen molar-refractivity contribution in [2.24, 2.45) is 5.92 Å². The number of hydrogen-bond acceptors (Lipinski definition) is 3. The molecule has 0 saturated carbocycles. The summed E-state index contributed by atoms with van der Waals surface area (Å²) in [6.45, 7) is 2.89. The van der Waals surface area contributed by atoms with E-state index in [1.807, 2.05) is 47.4 Å². The molecular formula is C19H23N3O2. The van der Waals surface area contributed by atoms with Gasteiger partial charge in [0.1, 0.15) is 5.82 Å². The zero-order valence-corrected chi connectivity index (χ0v) is 13.7. The second kappa shape index (κ2) is 8.45. The van der Waals surface area contributed by atoms with Crippen LogP contribution >= 0.6 is 0 Å². The van der Waals surface area contributed by atoms with Crippen molar-refractivity contribution in [2.75, 3.05) is 25.1 Å². The average Bonchev–Trinajstić information content (AvgIpc) is 2.64. The molecule has 0 bridgehead atoms. The van der Waals surface area contributed by atoms with Crippen LogP contribution in [0.3, 0.4) is 0 Å². The standard InChI is InChI=1S/C19H23N3O2/c23-19(21-18-8-4-5-11-20-18)22(14-16-6-2-1-3-7-16)15-17-9-12-24-13-10-17/h1-8,11,17H,9-10,12-15H2,(H,20,21,23). The van der Waals surface area contributed by atoms with E-state index < -0.39 is 0 Å². The van der Waals surface area contributed by atoms with E-state index in [0.717, 1.165) is 38.2 Å². The molecule has 3 rings (SSSR count). The van der Waals surface area contributed by atoms with Crippen LogP contribution in [-0.4, -0.2) is 35.7 Å². The highest BCUT2D eigenvalue weighted by atomic mass is 16.5. The SMILES string of the molecule is O=C(Nc1ccccn1)N(Cc1ccccc1)CC1CCOCC1. The van der Waals surface area contributed by atoms with Gasteiger partial charge in [-0.3, -0.25) is 5.32 Å². The van der Waals surface area contributed by atoms with Crippen LogP contribution in [-0.2, 0) is 11.3 Å². The molecule has 5 heteroatoms. The van der Waals surface area contributed by atoms with Gasteiger partial charge in [-0.25, -0.2) is 9.78 Å². The van der Waals surface area contributed by atoms with E-state index in [1.54, 1.807) is 12.3 Å². The number of nitrogens with zero attached hydrogens (tertiary/aromatic N) is 2. The molecular weight excluding hydrogens is 302 g/mol. The molecule has 2 amide bonds. The summed E-state index contributed by atoms with van der Waals surface area (Å²) in [4.78, 5) is 18.8. The Morgan fingerprint density at radius 1 is 1.12 bits per heavy atom. The first-order valence-electron chi connectivity index (χ1n) is 8.40. The van der Waals surface area contributed by atoms with E-state index in [4.69, 9.17) is 4.74 Å². The van der Waals surface area contributed by atoms with Crippen molar-refractivity contribution < 1.29 is 9.53 Å². The molecule has 0 atom stereocenters. The molecule has 1 aliphatic rings. The summed E-state index contributed by atoms with van der Waals surface area (Å²) < 4.78 is 5.43. The third-order valence-electron chi connectivity index (χ3n) is 4.22. The van der Waals surface area contributed by atoms with Crippen LogP contribution in [0, 0.1) is 5.92 Å². The maximum absolute atomic E-state index is 12.7. The number of hydrogen-bond donors (Lipinski definition) is 1. The lowest BCUT2D eigenvalue weighted by atomic mass is 9.99. The van der Waals surface area contributed by atoms with Crippen molar-refractivity contribution in [1.29, 1.82) is 0 Å². The minimum atomic E-state index is -0.107. The van der Waals surface area contributed by atoms with Crippen molar-refractivity contribution in [3.63, 3.8) is 0 Å². The Labute approximate surface area is 142 Å². The van der Waals surface area contributed by atoms with E-state index >= 15 is 0 Å². The van der Waals surface area contributed by atoms with Gasteiger partial charge < -0.3 is 9.64 Å². The van der Waals surface area contributed by atoms with E-state index in [2.05, 4.69) is 10.3 Å². The van der Waals surface area contributed by atoms with E-state index in [1.165, 1.54) is 0 Å². The number of carbonyl (C=O) groups is 1. The summed E-state index contributed by atoms with van der Waals surface area (Å²) in [5, 5.41) is 2.90. The summed E-state index contributed by atoms with van der Waals surface area (Å²) in [5.74, 6) is 1.06. The topological polar surface area (TPSA) is 54.5 Å². The van der Waals surface area contributed by atoms with Gasteiger partial charge in [0.2, 0.25) is 0 Å². The van der Waals surface area contributed by atoms with Gasteiger partial charge in [0.05, 0.1) is 0 Å². The largest absolute Gasteiger partial charge is 0.381 e. The van der Waals surface area contributed by atoms with Crippen LogP contribution in [0.1, 0.15) is 18.4 Å². The second-order valence-electron chi connectivity index (χ2n) is 6.07. The average molecular weight is 325 g/mol. The molecule has 5 nitrogen and oxygen atoms in total. The van der Waals surface area contributed by atoms with Crippen molar-refractivity contribution in [2.45, 2.75) is 19.4 Å². The second-order valence-corrected chi connectivity index (χ2v) is 6.07. The molecule has 1 N–H and O–H groups in total. The normalized spacial score (nSPS) is 15.0.